The summed E-state index contributed by atoms with van der Waals surface area (Å²) in [6.07, 6.45) is 3.68. The molecule has 1 aromatic heterocycles. The molecule has 0 atom stereocenters. The van der Waals surface area contributed by atoms with E-state index in [9.17, 15) is 13.5 Å². The first kappa shape index (κ1) is 14.9. The molecule has 1 saturated carbocycles. The Morgan fingerprint density at radius 1 is 1.33 bits per heavy atom. The number of hydrogen-bond donors (Lipinski definition) is 2. The van der Waals surface area contributed by atoms with E-state index in [1.807, 2.05) is 10.6 Å². The van der Waals surface area contributed by atoms with E-state index in [4.69, 9.17) is 0 Å². The smallest absolute Gasteiger partial charge is 0.263 e. The third-order valence-corrected chi connectivity index (χ3v) is 5.42. The van der Waals surface area contributed by atoms with Crippen LogP contribution in [0.1, 0.15) is 24.6 Å². The number of nitrogens with zero attached hydrogens (tertiary/aromatic N) is 1. The molecule has 1 aliphatic rings. The zero-order valence-corrected chi connectivity index (χ0v) is 14.1. The highest BCUT2D eigenvalue weighted by molar-refractivity contribution is 14.1. The SMILES string of the molecule is O=S(=O)(Nc1cccc(I)c1)c1cc(CO)n(C2CC2)c1. The zero-order valence-electron chi connectivity index (χ0n) is 11.2. The summed E-state index contributed by atoms with van der Waals surface area (Å²) in [5.74, 6) is 0. The van der Waals surface area contributed by atoms with Crippen LogP contribution >= 0.6 is 22.6 Å². The second-order valence-corrected chi connectivity index (χ2v) is 8.01. The Balaban J connectivity index is 1.91. The van der Waals surface area contributed by atoms with Crippen LogP contribution in [0, 0.1) is 3.57 Å². The summed E-state index contributed by atoms with van der Waals surface area (Å²) in [7, 11) is -3.63. The molecule has 3 rings (SSSR count). The maximum absolute atomic E-state index is 12.4. The molecule has 0 radical (unpaired) electrons. The van der Waals surface area contributed by atoms with E-state index in [1.165, 1.54) is 6.07 Å². The van der Waals surface area contributed by atoms with Crippen LogP contribution in [-0.2, 0) is 16.6 Å². The van der Waals surface area contributed by atoms with Gasteiger partial charge in [0.05, 0.1) is 6.61 Å². The van der Waals surface area contributed by atoms with Crippen LogP contribution in [0.5, 0.6) is 0 Å². The lowest BCUT2D eigenvalue weighted by Crippen LogP contribution is -2.12. The number of benzene rings is 1. The predicted octanol–water partition coefficient (Wildman–Crippen LogP) is 2.72. The van der Waals surface area contributed by atoms with E-state index in [2.05, 4.69) is 27.3 Å². The third-order valence-electron chi connectivity index (χ3n) is 3.40. The Bertz CT molecular complexity index is 766. The largest absolute Gasteiger partial charge is 0.390 e. The average molecular weight is 418 g/mol. The van der Waals surface area contributed by atoms with E-state index in [-0.39, 0.29) is 11.5 Å². The van der Waals surface area contributed by atoms with Gasteiger partial charge in [0.1, 0.15) is 4.90 Å². The van der Waals surface area contributed by atoms with Crippen LogP contribution in [0.2, 0.25) is 0 Å². The molecule has 5 nitrogen and oxygen atoms in total. The van der Waals surface area contributed by atoms with Gasteiger partial charge in [-0.25, -0.2) is 8.42 Å². The zero-order chi connectivity index (χ0) is 15.0. The Labute approximate surface area is 137 Å². The molecule has 112 valence electrons. The van der Waals surface area contributed by atoms with E-state index in [1.54, 1.807) is 24.4 Å². The quantitative estimate of drug-likeness (QED) is 0.734. The van der Waals surface area contributed by atoms with Gasteiger partial charge in [-0.15, -0.1) is 0 Å². The summed E-state index contributed by atoms with van der Waals surface area (Å²) in [5, 5.41) is 9.36. The van der Waals surface area contributed by atoms with Crippen molar-refractivity contribution in [2.24, 2.45) is 0 Å². The van der Waals surface area contributed by atoms with E-state index >= 15 is 0 Å². The Kier molecular flexibility index (Phi) is 3.98. The topological polar surface area (TPSA) is 71.3 Å². The first-order chi connectivity index (χ1) is 9.99. The second-order valence-electron chi connectivity index (χ2n) is 5.08. The number of nitrogens with one attached hydrogen (secondary N) is 1. The van der Waals surface area contributed by atoms with Crippen molar-refractivity contribution in [1.82, 2.24) is 4.57 Å². The van der Waals surface area contributed by atoms with Crippen molar-refractivity contribution >= 4 is 38.3 Å². The van der Waals surface area contributed by atoms with Crippen LogP contribution in [0.25, 0.3) is 0 Å². The van der Waals surface area contributed by atoms with E-state index in [0.717, 1.165) is 16.4 Å². The molecule has 0 bridgehead atoms. The monoisotopic (exact) mass is 418 g/mol. The van der Waals surface area contributed by atoms with Gasteiger partial charge in [0.25, 0.3) is 10.0 Å². The maximum Gasteiger partial charge on any atom is 0.263 e. The number of aliphatic hydroxyl groups excluding tert-OH is 1. The molecule has 1 aliphatic carbocycles. The average Bonchev–Trinajstić information content (AvgIpc) is 3.16. The summed E-state index contributed by atoms with van der Waals surface area (Å²) < 4.78 is 30.3. The molecule has 1 heterocycles. The van der Waals surface area contributed by atoms with Gasteiger partial charge in [0, 0.05) is 27.2 Å². The normalized spacial score (nSPS) is 15.1. The fourth-order valence-corrected chi connectivity index (χ4v) is 3.87. The standard InChI is InChI=1S/C14H15IN2O3S/c15-10-2-1-3-11(6-10)16-21(19,20)14-7-13(9-18)17(8-14)12-4-5-12/h1-3,6-8,12,16,18H,4-5,9H2. The lowest BCUT2D eigenvalue weighted by atomic mass is 10.3. The van der Waals surface area contributed by atoms with E-state index in [0.29, 0.717) is 17.4 Å². The molecule has 2 aromatic rings. The van der Waals surface area contributed by atoms with Gasteiger partial charge >= 0.3 is 0 Å². The lowest BCUT2D eigenvalue weighted by Gasteiger charge is -2.06. The molecule has 0 unspecified atom stereocenters. The van der Waals surface area contributed by atoms with Gasteiger partial charge in [-0.1, -0.05) is 6.07 Å². The van der Waals surface area contributed by atoms with Gasteiger partial charge in [0.15, 0.2) is 0 Å². The van der Waals surface area contributed by atoms with Gasteiger partial charge in [-0.2, -0.15) is 0 Å². The molecule has 21 heavy (non-hydrogen) atoms. The summed E-state index contributed by atoms with van der Waals surface area (Å²) in [5.41, 5.74) is 1.17. The predicted molar refractivity (Wildman–Crippen MR) is 88.6 cm³/mol. The molecule has 2 N–H and O–H groups in total. The Hall–Kier alpha value is -1.06. The summed E-state index contributed by atoms with van der Waals surface area (Å²) in [6, 6.07) is 9.04. The summed E-state index contributed by atoms with van der Waals surface area (Å²) in [6.45, 7) is -0.157. The molecular weight excluding hydrogens is 403 g/mol. The van der Waals surface area contributed by atoms with Crippen molar-refractivity contribution in [3.63, 3.8) is 0 Å². The Morgan fingerprint density at radius 2 is 2.10 bits per heavy atom. The molecule has 0 spiro atoms. The highest BCUT2D eigenvalue weighted by Gasteiger charge is 2.28. The minimum Gasteiger partial charge on any atom is -0.390 e. The van der Waals surface area contributed by atoms with Crippen LogP contribution in [0.3, 0.4) is 0 Å². The number of hydrogen-bond acceptors (Lipinski definition) is 3. The highest BCUT2D eigenvalue weighted by Crippen LogP contribution is 2.37. The van der Waals surface area contributed by atoms with Gasteiger partial charge in [-0.05, 0) is 59.7 Å². The van der Waals surface area contributed by atoms with Crippen molar-refractivity contribution in [3.05, 3.63) is 45.8 Å². The van der Waals surface area contributed by atoms with Crippen molar-refractivity contribution < 1.29 is 13.5 Å². The minimum atomic E-state index is -3.63. The lowest BCUT2D eigenvalue weighted by molar-refractivity contribution is 0.270. The molecule has 0 saturated heterocycles. The van der Waals surface area contributed by atoms with Crippen molar-refractivity contribution in [3.8, 4) is 0 Å². The first-order valence-electron chi connectivity index (χ1n) is 6.59. The highest BCUT2D eigenvalue weighted by atomic mass is 127. The third kappa shape index (κ3) is 3.24. The number of rotatable bonds is 5. The molecule has 0 aliphatic heterocycles. The number of halogens is 1. The van der Waals surface area contributed by atoms with Crippen molar-refractivity contribution in [2.75, 3.05) is 4.72 Å². The van der Waals surface area contributed by atoms with Crippen LogP contribution in [-0.4, -0.2) is 18.1 Å². The van der Waals surface area contributed by atoms with Crippen LogP contribution in [0.4, 0.5) is 5.69 Å². The Morgan fingerprint density at radius 3 is 2.71 bits per heavy atom. The molecule has 1 fully saturated rings. The number of aromatic nitrogens is 1. The minimum absolute atomic E-state index is 0.157. The molecule has 1 aromatic carbocycles. The van der Waals surface area contributed by atoms with Crippen molar-refractivity contribution in [2.45, 2.75) is 30.4 Å². The van der Waals surface area contributed by atoms with Crippen LogP contribution < -0.4 is 4.72 Å². The second kappa shape index (κ2) is 5.62. The number of aliphatic hydroxyl groups is 1. The van der Waals surface area contributed by atoms with Crippen molar-refractivity contribution in [1.29, 1.82) is 0 Å². The summed E-state index contributed by atoms with van der Waals surface area (Å²) >= 11 is 2.13. The van der Waals surface area contributed by atoms with Gasteiger partial charge < -0.3 is 9.67 Å². The molecule has 7 heteroatoms. The number of anilines is 1. The summed E-state index contributed by atoms with van der Waals surface area (Å²) in [4.78, 5) is 0.192. The van der Waals surface area contributed by atoms with Crippen LogP contribution in [0.15, 0.2) is 41.4 Å². The fourth-order valence-electron chi connectivity index (χ4n) is 2.23. The molecular formula is C14H15IN2O3S. The van der Waals surface area contributed by atoms with E-state index < -0.39 is 10.0 Å². The first-order valence-corrected chi connectivity index (χ1v) is 9.16. The van der Waals surface area contributed by atoms with Gasteiger partial charge in [0.2, 0.25) is 0 Å². The number of sulfonamides is 1. The van der Waals surface area contributed by atoms with Gasteiger partial charge in [-0.3, -0.25) is 4.72 Å². The fraction of sp³-hybridized carbons (Fsp3) is 0.286. The maximum atomic E-state index is 12.4. The molecule has 0 amide bonds.